The summed E-state index contributed by atoms with van der Waals surface area (Å²) in [6.07, 6.45) is 2.26. The maximum absolute atomic E-state index is 5.58. The van der Waals surface area contributed by atoms with Gasteiger partial charge in [-0.3, -0.25) is 0 Å². The largest absolute Gasteiger partial charge is 0.493 e. The van der Waals surface area contributed by atoms with Gasteiger partial charge in [0.25, 0.3) is 0 Å². The number of rotatable bonds is 3. The van der Waals surface area contributed by atoms with Gasteiger partial charge >= 0.3 is 0 Å². The van der Waals surface area contributed by atoms with Crippen LogP contribution >= 0.6 is 0 Å². The fourth-order valence-electron chi connectivity index (χ4n) is 1.65. The Morgan fingerprint density at radius 1 is 1.50 bits per heavy atom. The van der Waals surface area contributed by atoms with Crippen LogP contribution in [0.5, 0.6) is 5.75 Å². The van der Waals surface area contributed by atoms with Crippen LogP contribution in [0.3, 0.4) is 0 Å². The standard InChI is InChI=1S/C11H15NO2/c1-13-12-8-9-4-5-10-3-2-6-14-11(10)7-9/h4-5,7,12H,2-3,6,8H2,1H3. The molecule has 1 aliphatic heterocycles. The Labute approximate surface area is 84.0 Å². The number of hydroxylamine groups is 1. The minimum absolute atomic E-state index is 0.715. The van der Waals surface area contributed by atoms with Crippen molar-refractivity contribution >= 4 is 0 Å². The maximum Gasteiger partial charge on any atom is 0.122 e. The second kappa shape index (κ2) is 4.44. The number of fused-ring (bicyclic) bond motifs is 1. The summed E-state index contributed by atoms with van der Waals surface area (Å²) in [4.78, 5) is 4.80. The highest BCUT2D eigenvalue weighted by Gasteiger charge is 2.09. The van der Waals surface area contributed by atoms with Crippen LogP contribution in [0.2, 0.25) is 0 Å². The number of benzene rings is 1. The zero-order valence-corrected chi connectivity index (χ0v) is 8.38. The van der Waals surface area contributed by atoms with Gasteiger partial charge in [0.1, 0.15) is 5.75 Å². The van der Waals surface area contributed by atoms with Crippen molar-refractivity contribution in [3.8, 4) is 5.75 Å². The summed E-state index contributed by atoms with van der Waals surface area (Å²) in [7, 11) is 1.62. The molecule has 0 saturated carbocycles. The quantitative estimate of drug-likeness (QED) is 0.741. The topological polar surface area (TPSA) is 30.5 Å². The molecule has 0 aromatic heterocycles. The molecule has 0 amide bonds. The van der Waals surface area contributed by atoms with Crippen molar-refractivity contribution < 1.29 is 9.57 Å². The molecule has 0 bridgehead atoms. The molecule has 14 heavy (non-hydrogen) atoms. The normalized spacial score (nSPS) is 14.6. The van der Waals surface area contributed by atoms with E-state index in [9.17, 15) is 0 Å². The maximum atomic E-state index is 5.58. The zero-order valence-electron chi connectivity index (χ0n) is 8.38. The van der Waals surface area contributed by atoms with E-state index in [2.05, 4.69) is 23.7 Å². The molecule has 0 saturated heterocycles. The number of aryl methyl sites for hydroxylation is 1. The van der Waals surface area contributed by atoms with Gasteiger partial charge in [-0.2, -0.15) is 5.48 Å². The molecule has 3 heteroatoms. The van der Waals surface area contributed by atoms with E-state index in [4.69, 9.17) is 9.57 Å². The van der Waals surface area contributed by atoms with Crippen molar-refractivity contribution in [1.29, 1.82) is 0 Å². The predicted octanol–water partition coefficient (Wildman–Crippen LogP) is 1.66. The Bertz CT molecular complexity index is 312. The number of ether oxygens (including phenoxy) is 1. The van der Waals surface area contributed by atoms with Crippen LogP contribution in [-0.4, -0.2) is 13.7 Å². The first-order chi connectivity index (χ1) is 6.90. The van der Waals surface area contributed by atoms with E-state index in [0.29, 0.717) is 6.54 Å². The molecule has 1 aromatic rings. The van der Waals surface area contributed by atoms with Gasteiger partial charge in [0, 0.05) is 6.54 Å². The Balaban J connectivity index is 2.12. The smallest absolute Gasteiger partial charge is 0.122 e. The average molecular weight is 193 g/mol. The van der Waals surface area contributed by atoms with Gasteiger partial charge in [0.2, 0.25) is 0 Å². The second-order valence-electron chi connectivity index (χ2n) is 3.42. The molecule has 0 atom stereocenters. The van der Waals surface area contributed by atoms with Crippen molar-refractivity contribution in [2.24, 2.45) is 0 Å². The minimum atomic E-state index is 0.715. The van der Waals surface area contributed by atoms with Crippen molar-refractivity contribution in [2.75, 3.05) is 13.7 Å². The summed E-state index contributed by atoms with van der Waals surface area (Å²) in [5.74, 6) is 1.03. The average Bonchev–Trinajstić information content (AvgIpc) is 2.26. The lowest BCUT2D eigenvalue weighted by molar-refractivity contribution is 0.0866. The second-order valence-corrected chi connectivity index (χ2v) is 3.42. The lowest BCUT2D eigenvalue weighted by Gasteiger charge is -2.17. The lowest BCUT2D eigenvalue weighted by atomic mass is 10.0. The minimum Gasteiger partial charge on any atom is -0.493 e. The van der Waals surface area contributed by atoms with Crippen molar-refractivity contribution in [2.45, 2.75) is 19.4 Å². The molecule has 1 heterocycles. The monoisotopic (exact) mass is 193 g/mol. The fraction of sp³-hybridized carbons (Fsp3) is 0.455. The first-order valence-corrected chi connectivity index (χ1v) is 4.90. The van der Waals surface area contributed by atoms with Gasteiger partial charge in [-0.15, -0.1) is 0 Å². The van der Waals surface area contributed by atoms with E-state index in [0.717, 1.165) is 25.2 Å². The van der Waals surface area contributed by atoms with E-state index >= 15 is 0 Å². The molecule has 2 rings (SSSR count). The Kier molecular flexibility index (Phi) is 3.01. The fourth-order valence-corrected chi connectivity index (χ4v) is 1.65. The first kappa shape index (κ1) is 9.49. The van der Waals surface area contributed by atoms with Gasteiger partial charge in [0.15, 0.2) is 0 Å². The van der Waals surface area contributed by atoms with Crippen LogP contribution in [-0.2, 0) is 17.8 Å². The van der Waals surface area contributed by atoms with Gasteiger partial charge in [0.05, 0.1) is 13.7 Å². The third-order valence-electron chi connectivity index (χ3n) is 2.40. The summed E-state index contributed by atoms with van der Waals surface area (Å²) in [6.45, 7) is 1.56. The molecule has 0 spiro atoms. The van der Waals surface area contributed by atoms with E-state index in [1.165, 1.54) is 11.1 Å². The zero-order chi connectivity index (χ0) is 9.80. The highest BCUT2D eigenvalue weighted by molar-refractivity contribution is 5.38. The lowest BCUT2D eigenvalue weighted by Crippen LogP contribution is -2.12. The first-order valence-electron chi connectivity index (χ1n) is 4.90. The molecule has 76 valence electrons. The summed E-state index contributed by atoms with van der Waals surface area (Å²) < 4.78 is 5.58. The van der Waals surface area contributed by atoms with Crippen LogP contribution in [0.15, 0.2) is 18.2 Å². The summed E-state index contributed by atoms with van der Waals surface area (Å²) in [5.41, 5.74) is 5.32. The van der Waals surface area contributed by atoms with Gasteiger partial charge in [-0.25, -0.2) is 0 Å². The molecule has 0 fully saturated rings. The Morgan fingerprint density at radius 2 is 2.43 bits per heavy atom. The molecular weight excluding hydrogens is 178 g/mol. The van der Waals surface area contributed by atoms with E-state index in [1.54, 1.807) is 7.11 Å². The predicted molar refractivity (Wildman–Crippen MR) is 54.1 cm³/mol. The Hall–Kier alpha value is -1.06. The SMILES string of the molecule is CONCc1ccc2c(c1)OCCC2. The molecule has 0 radical (unpaired) electrons. The molecule has 0 unspecified atom stereocenters. The third-order valence-corrected chi connectivity index (χ3v) is 2.40. The number of hydrogen-bond acceptors (Lipinski definition) is 3. The number of nitrogens with one attached hydrogen (secondary N) is 1. The van der Waals surface area contributed by atoms with Crippen LogP contribution in [0.1, 0.15) is 17.5 Å². The van der Waals surface area contributed by atoms with Crippen molar-refractivity contribution in [3.63, 3.8) is 0 Å². The summed E-state index contributed by atoms with van der Waals surface area (Å²) in [6, 6.07) is 6.33. The van der Waals surface area contributed by atoms with Gasteiger partial charge < -0.3 is 9.57 Å². The summed E-state index contributed by atoms with van der Waals surface area (Å²) >= 11 is 0. The van der Waals surface area contributed by atoms with Gasteiger partial charge in [-0.1, -0.05) is 12.1 Å². The molecule has 1 aliphatic rings. The van der Waals surface area contributed by atoms with Gasteiger partial charge in [-0.05, 0) is 30.0 Å². The van der Waals surface area contributed by atoms with Crippen LogP contribution in [0.25, 0.3) is 0 Å². The van der Waals surface area contributed by atoms with Crippen LogP contribution in [0, 0.1) is 0 Å². The van der Waals surface area contributed by atoms with Crippen LogP contribution < -0.4 is 10.2 Å². The molecule has 3 nitrogen and oxygen atoms in total. The third kappa shape index (κ3) is 2.05. The summed E-state index contributed by atoms with van der Waals surface area (Å²) in [5, 5.41) is 0. The van der Waals surface area contributed by atoms with E-state index < -0.39 is 0 Å². The van der Waals surface area contributed by atoms with Crippen molar-refractivity contribution in [1.82, 2.24) is 5.48 Å². The molecular formula is C11H15NO2. The number of hydrogen-bond donors (Lipinski definition) is 1. The molecule has 1 aromatic carbocycles. The molecule has 0 aliphatic carbocycles. The van der Waals surface area contributed by atoms with Crippen LogP contribution in [0.4, 0.5) is 0 Å². The highest BCUT2D eigenvalue weighted by atomic mass is 16.6. The van der Waals surface area contributed by atoms with Crippen molar-refractivity contribution in [3.05, 3.63) is 29.3 Å². The molecule has 1 N–H and O–H groups in total. The Morgan fingerprint density at radius 3 is 3.29 bits per heavy atom. The van der Waals surface area contributed by atoms with E-state index in [1.807, 2.05) is 0 Å². The van der Waals surface area contributed by atoms with E-state index in [-0.39, 0.29) is 0 Å². The highest BCUT2D eigenvalue weighted by Crippen LogP contribution is 2.25.